The van der Waals surface area contributed by atoms with E-state index in [0.29, 0.717) is 0 Å². The van der Waals surface area contributed by atoms with Gasteiger partial charge in [0.05, 0.1) is 5.03 Å². The van der Waals surface area contributed by atoms with E-state index in [1.807, 2.05) is 6.07 Å². The van der Waals surface area contributed by atoms with Gasteiger partial charge in [-0.1, -0.05) is 0 Å². The van der Waals surface area contributed by atoms with Crippen LogP contribution < -0.4 is 0 Å². The third kappa shape index (κ3) is 1.00. The fourth-order valence-corrected chi connectivity index (χ4v) is 2.79. The molecule has 0 radical (unpaired) electrons. The summed E-state index contributed by atoms with van der Waals surface area (Å²) in [6.07, 6.45) is 0. The number of carbonyl (C=O) groups excluding carboxylic acids is 1. The van der Waals surface area contributed by atoms with Gasteiger partial charge in [-0.2, -0.15) is 0 Å². The van der Waals surface area contributed by atoms with E-state index in [2.05, 4.69) is 11.5 Å². The van der Waals surface area contributed by atoms with E-state index >= 15 is 0 Å². The van der Waals surface area contributed by atoms with E-state index in [9.17, 15) is 4.79 Å². The Hall–Kier alpha value is -0.700. The van der Waals surface area contributed by atoms with Crippen molar-refractivity contribution < 1.29 is 4.79 Å². The molecule has 0 amide bonds. The zero-order valence-electron chi connectivity index (χ0n) is 7.26. The lowest BCUT2D eigenvalue weighted by Crippen LogP contribution is -1.95. The van der Waals surface area contributed by atoms with E-state index in [1.54, 1.807) is 18.7 Å². The fourth-order valence-electron chi connectivity index (χ4n) is 1.57. The van der Waals surface area contributed by atoms with Gasteiger partial charge >= 0.3 is 0 Å². The number of fused-ring (bicyclic) bond motifs is 1. The lowest BCUT2D eigenvalue weighted by molar-refractivity contribution is 0.101. The van der Waals surface area contributed by atoms with Gasteiger partial charge in [0, 0.05) is 23.6 Å². The average Bonchev–Trinajstić information content (AvgIpc) is 2.53. The smallest absolute Gasteiger partial charge is 0.162 e. The number of aromatic nitrogens is 1. The lowest BCUT2D eigenvalue weighted by Gasteiger charge is -1.97. The average molecular weight is 181 g/mol. The Morgan fingerprint density at radius 1 is 1.67 bits per heavy atom. The highest BCUT2D eigenvalue weighted by Crippen LogP contribution is 2.32. The second-order valence-electron chi connectivity index (χ2n) is 3.06. The van der Waals surface area contributed by atoms with Gasteiger partial charge in [0.15, 0.2) is 5.78 Å². The standard InChI is InChI=1S/C9H11NOS/c1-6-5-8(7(2)11)9-10(6)3-4-12-9/h5H,3-4H2,1-2H3. The van der Waals surface area contributed by atoms with Gasteiger partial charge in [0.2, 0.25) is 0 Å². The molecule has 3 heteroatoms. The molecule has 1 aliphatic heterocycles. The summed E-state index contributed by atoms with van der Waals surface area (Å²) < 4.78 is 2.22. The van der Waals surface area contributed by atoms with Crippen LogP contribution >= 0.6 is 11.8 Å². The van der Waals surface area contributed by atoms with Gasteiger partial charge in [-0.3, -0.25) is 4.79 Å². The van der Waals surface area contributed by atoms with Crippen LogP contribution in [0.2, 0.25) is 0 Å². The Morgan fingerprint density at radius 2 is 2.42 bits per heavy atom. The maximum atomic E-state index is 11.2. The minimum Gasteiger partial charge on any atom is -0.339 e. The lowest BCUT2D eigenvalue weighted by atomic mass is 10.2. The summed E-state index contributed by atoms with van der Waals surface area (Å²) in [5, 5.41) is 1.17. The molecule has 1 aliphatic rings. The molecular formula is C9H11NOS. The molecule has 0 aromatic carbocycles. The van der Waals surface area contributed by atoms with Crippen molar-refractivity contribution in [2.75, 3.05) is 5.75 Å². The van der Waals surface area contributed by atoms with Crippen molar-refractivity contribution in [3.05, 3.63) is 17.3 Å². The first-order chi connectivity index (χ1) is 5.70. The second-order valence-corrected chi connectivity index (χ2v) is 4.14. The van der Waals surface area contributed by atoms with Crippen molar-refractivity contribution >= 4 is 17.5 Å². The number of rotatable bonds is 1. The topological polar surface area (TPSA) is 22.0 Å². The molecule has 0 fully saturated rings. The molecule has 64 valence electrons. The summed E-state index contributed by atoms with van der Waals surface area (Å²) in [5.41, 5.74) is 2.11. The highest BCUT2D eigenvalue weighted by molar-refractivity contribution is 7.99. The molecule has 0 atom stereocenters. The second kappa shape index (κ2) is 2.66. The maximum absolute atomic E-state index is 11.2. The van der Waals surface area contributed by atoms with Crippen molar-refractivity contribution in [1.29, 1.82) is 0 Å². The minimum atomic E-state index is 0.182. The molecule has 0 unspecified atom stereocenters. The molecule has 0 aliphatic carbocycles. The van der Waals surface area contributed by atoms with Crippen LogP contribution in [0.25, 0.3) is 0 Å². The number of ketones is 1. The Labute approximate surface area is 76.0 Å². The number of aryl methyl sites for hydroxylation is 1. The van der Waals surface area contributed by atoms with Gasteiger partial charge in [-0.15, -0.1) is 11.8 Å². The van der Waals surface area contributed by atoms with Crippen LogP contribution in [-0.2, 0) is 6.54 Å². The minimum absolute atomic E-state index is 0.182. The van der Waals surface area contributed by atoms with Crippen molar-refractivity contribution in [2.24, 2.45) is 0 Å². The van der Waals surface area contributed by atoms with E-state index in [0.717, 1.165) is 17.9 Å². The van der Waals surface area contributed by atoms with Gasteiger partial charge in [0.25, 0.3) is 0 Å². The number of thioether (sulfide) groups is 1. The number of nitrogens with zero attached hydrogens (tertiary/aromatic N) is 1. The number of Topliss-reactive ketones (excluding diaryl/α,β-unsaturated/α-hetero) is 1. The molecule has 2 rings (SSSR count). The number of carbonyl (C=O) groups is 1. The monoisotopic (exact) mass is 181 g/mol. The molecule has 1 aromatic rings. The molecule has 0 saturated heterocycles. The zero-order chi connectivity index (χ0) is 8.72. The predicted molar refractivity (Wildman–Crippen MR) is 49.9 cm³/mol. The highest BCUT2D eigenvalue weighted by Gasteiger charge is 2.20. The van der Waals surface area contributed by atoms with Crippen LogP contribution in [0.5, 0.6) is 0 Å². The zero-order valence-corrected chi connectivity index (χ0v) is 8.07. The summed E-state index contributed by atoms with van der Waals surface area (Å²) in [6, 6.07) is 1.99. The largest absolute Gasteiger partial charge is 0.339 e. The third-order valence-electron chi connectivity index (χ3n) is 2.19. The molecule has 0 spiro atoms. The van der Waals surface area contributed by atoms with Gasteiger partial charge in [-0.25, -0.2) is 0 Å². The summed E-state index contributed by atoms with van der Waals surface area (Å²) in [4.78, 5) is 11.2. The third-order valence-corrected chi connectivity index (χ3v) is 3.29. The van der Waals surface area contributed by atoms with Crippen LogP contribution in [0.15, 0.2) is 11.1 Å². The summed E-state index contributed by atoms with van der Waals surface area (Å²) in [5.74, 6) is 1.29. The van der Waals surface area contributed by atoms with E-state index < -0.39 is 0 Å². The van der Waals surface area contributed by atoms with Crippen molar-refractivity contribution in [2.45, 2.75) is 25.4 Å². The quantitative estimate of drug-likeness (QED) is 0.619. The Morgan fingerprint density at radius 3 is 3.08 bits per heavy atom. The molecule has 0 saturated carbocycles. The fraction of sp³-hybridized carbons (Fsp3) is 0.444. The van der Waals surface area contributed by atoms with Crippen LogP contribution in [0, 0.1) is 6.92 Å². The molecule has 1 aromatic heterocycles. The Balaban J connectivity index is 2.58. The number of hydrogen-bond donors (Lipinski definition) is 0. The molecular weight excluding hydrogens is 170 g/mol. The van der Waals surface area contributed by atoms with E-state index in [4.69, 9.17) is 0 Å². The molecule has 0 N–H and O–H groups in total. The molecule has 2 nitrogen and oxygen atoms in total. The predicted octanol–water partition coefficient (Wildman–Crippen LogP) is 2.10. The maximum Gasteiger partial charge on any atom is 0.162 e. The first kappa shape index (κ1) is 7.92. The van der Waals surface area contributed by atoms with E-state index in [1.165, 1.54) is 10.7 Å². The van der Waals surface area contributed by atoms with Crippen molar-refractivity contribution in [3.8, 4) is 0 Å². The number of hydrogen-bond acceptors (Lipinski definition) is 2. The SMILES string of the molecule is CC(=O)c1cc(C)n2c1SCC2. The first-order valence-electron chi connectivity index (χ1n) is 4.04. The Bertz CT molecular complexity index is 341. The first-order valence-corrected chi connectivity index (χ1v) is 5.02. The van der Waals surface area contributed by atoms with Gasteiger partial charge in [0.1, 0.15) is 0 Å². The van der Waals surface area contributed by atoms with Crippen molar-refractivity contribution in [1.82, 2.24) is 4.57 Å². The summed E-state index contributed by atoms with van der Waals surface area (Å²) >= 11 is 1.79. The van der Waals surface area contributed by atoms with Crippen LogP contribution in [-0.4, -0.2) is 16.1 Å². The van der Waals surface area contributed by atoms with Crippen LogP contribution in [0.4, 0.5) is 0 Å². The normalized spacial score (nSPS) is 14.8. The van der Waals surface area contributed by atoms with Crippen LogP contribution in [0.3, 0.4) is 0 Å². The molecule has 0 bridgehead atoms. The highest BCUT2D eigenvalue weighted by atomic mass is 32.2. The van der Waals surface area contributed by atoms with E-state index in [-0.39, 0.29) is 5.78 Å². The Kier molecular flexibility index (Phi) is 1.76. The van der Waals surface area contributed by atoms with Crippen molar-refractivity contribution in [3.63, 3.8) is 0 Å². The summed E-state index contributed by atoms with van der Waals surface area (Å²) in [6.45, 7) is 4.75. The van der Waals surface area contributed by atoms with Gasteiger partial charge in [-0.05, 0) is 19.9 Å². The summed E-state index contributed by atoms with van der Waals surface area (Å²) in [7, 11) is 0. The molecule has 12 heavy (non-hydrogen) atoms. The van der Waals surface area contributed by atoms with Gasteiger partial charge < -0.3 is 4.57 Å². The van der Waals surface area contributed by atoms with Crippen LogP contribution in [0.1, 0.15) is 23.0 Å². The molecule has 2 heterocycles.